The third-order valence-electron chi connectivity index (χ3n) is 3.09. The monoisotopic (exact) mass is 292 g/mol. The lowest BCUT2D eigenvalue weighted by Crippen LogP contribution is -2.20. The summed E-state index contributed by atoms with van der Waals surface area (Å²) in [6.45, 7) is 1.86. The van der Waals surface area contributed by atoms with E-state index in [4.69, 9.17) is 9.47 Å². The summed E-state index contributed by atoms with van der Waals surface area (Å²) in [5.41, 5.74) is 1.78. The highest BCUT2D eigenvalue weighted by molar-refractivity contribution is 5.85. The molecule has 4 nitrogen and oxygen atoms in total. The van der Waals surface area contributed by atoms with Gasteiger partial charge in [0.05, 0.1) is 0 Å². The van der Waals surface area contributed by atoms with Gasteiger partial charge >= 0.3 is 0 Å². The topological polar surface area (TPSA) is 43.2 Å². The van der Waals surface area contributed by atoms with Crippen LogP contribution in [-0.2, 0) is 0 Å². The number of aliphatic imine (C=N–C) groups is 2. The first kappa shape index (κ1) is 14.1. The molecule has 0 fully saturated rings. The van der Waals surface area contributed by atoms with E-state index in [9.17, 15) is 0 Å². The molecule has 0 amide bonds. The Morgan fingerprint density at radius 1 is 0.727 bits per heavy atom. The highest BCUT2D eigenvalue weighted by Gasteiger charge is 2.10. The largest absolute Gasteiger partial charge is 0.455 e. The lowest BCUT2D eigenvalue weighted by atomic mass is 10.2. The Kier molecular flexibility index (Phi) is 4.30. The van der Waals surface area contributed by atoms with Crippen molar-refractivity contribution in [3.05, 3.63) is 72.1 Å². The van der Waals surface area contributed by atoms with Crippen molar-refractivity contribution in [1.82, 2.24) is 0 Å². The van der Waals surface area contributed by atoms with Crippen LogP contribution in [0.25, 0.3) is 0 Å². The van der Waals surface area contributed by atoms with Crippen LogP contribution in [0.2, 0.25) is 0 Å². The van der Waals surface area contributed by atoms with Crippen molar-refractivity contribution in [3.8, 4) is 11.5 Å². The van der Waals surface area contributed by atoms with Gasteiger partial charge in [-0.25, -0.2) is 0 Å². The van der Waals surface area contributed by atoms with Crippen molar-refractivity contribution in [2.45, 2.75) is 13.2 Å². The van der Waals surface area contributed by atoms with Crippen LogP contribution in [0.15, 0.2) is 70.9 Å². The molecule has 1 aliphatic rings. The first-order valence-corrected chi connectivity index (χ1v) is 7.06. The normalized spacial score (nSPS) is 18.5. The third-order valence-corrected chi connectivity index (χ3v) is 3.09. The maximum absolute atomic E-state index is 5.88. The van der Waals surface area contributed by atoms with Crippen molar-refractivity contribution < 1.29 is 9.47 Å². The van der Waals surface area contributed by atoms with Gasteiger partial charge in [-0.3, -0.25) is 9.98 Å². The van der Waals surface area contributed by atoms with Gasteiger partial charge in [0, 0.05) is 42.9 Å². The molecule has 0 N–H and O–H groups in total. The number of nitrogens with zero attached hydrogens (tertiary/aromatic N) is 2. The van der Waals surface area contributed by atoms with E-state index in [0.717, 1.165) is 22.6 Å². The van der Waals surface area contributed by atoms with Crippen molar-refractivity contribution in [2.24, 2.45) is 9.98 Å². The highest BCUT2D eigenvalue weighted by atomic mass is 16.7. The molecular formula is C18H16N2O2. The number of rotatable bonds is 0. The minimum atomic E-state index is -0.433. The fraction of sp³-hybridized carbons (Fsp3) is 0.111. The van der Waals surface area contributed by atoms with Crippen LogP contribution in [0.5, 0.6) is 11.5 Å². The van der Waals surface area contributed by atoms with Gasteiger partial charge < -0.3 is 9.47 Å². The standard InChI is InChI=1S/C18H16N2O2/c1-14-21-17-8-4-2-6-15(17)12-19-10-11-20-13-16-7-3-5-9-18(16)22-14/h2-14H,1H3/b11-10-,19-12?,20-13?. The Balaban J connectivity index is 1.98. The Morgan fingerprint density at radius 3 is 1.68 bits per heavy atom. The van der Waals surface area contributed by atoms with E-state index in [1.807, 2.05) is 55.5 Å². The fourth-order valence-corrected chi connectivity index (χ4v) is 2.09. The molecule has 4 heteroatoms. The molecule has 0 saturated heterocycles. The van der Waals surface area contributed by atoms with E-state index >= 15 is 0 Å². The number of fused-ring (bicyclic) bond motifs is 2. The second kappa shape index (κ2) is 6.72. The maximum Gasteiger partial charge on any atom is 0.238 e. The SMILES string of the molecule is CC1Oc2ccccc2C=N/C=C\N=Cc2ccccc2O1. The van der Waals surface area contributed by atoms with Gasteiger partial charge in [-0.1, -0.05) is 24.3 Å². The van der Waals surface area contributed by atoms with Gasteiger partial charge in [0.25, 0.3) is 0 Å². The molecular weight excluding hydrogens is 276 g/mol. The van der Waals surface area contributed by atoms with Crippen LogP contribution in [-0.4, -0.2) is 18.7 Å². The van der Waals surface area contributed by atoms with E-state index in [1.165, 1.54) is 0 Å². The zero-order valence-electron chi connectivity index (χ0n) is 12.2. The Bertz CT molecular complexity index is 674. The predicted molar refractivity (Wildman–Crippen MR) is 87.9 cm³/mol. The zero-order chi connectivity index (χ0) is 15.2. The smallest absolute Gasteiger partial charge is 0.238 e. The molecule has 0 spiro atoms. The number of para-hydroxylation sites is 2. The van der Waals surface area contributed by atoms with Crippen molar-refractivity contribution in [1.29, 1.82) is 0 Å². The van der Waals surface area contributed by atoms with Gasteiger partial charge in [-0.15, -0.1) is 0 Å². The molecule has 1 aliphatic heterocycles. The first-order valence-electron chi connectivity index (χ1n) is 7.06. The van der Waals surface area contributed by atoms with E-state index in [1.54, 1.807) is 24.8 Å². The van der Waals surface area contributed by atoms with Crippen LogP contribution >= 0.6 is 0 Å². The van der Waals surface area contributed by atoms with E-state index in [0.29, 0.717) is 0 Å². The summed E-state index contributed by atoms with van der Waals surface area (Å²) in [5, 5.41) is 0. The number of hydrogen-bond acceptors (Lipinski definition) is 4. The summed E-state index contributed by atoms with van der Waals surface area (Å²) in [5.74, 6) is 1.45. The summed E-state index contributed by atoms with van der Waals surface area (Å²) in [6, 6.07) is 15.4. The molecule has 3 rings (SSSR count). The fourth-order valence-electron chi connectivity index (χ4n) is 2.09. The van der Waals surface area contributed by atoms with Crippen molar-refractivity contribution >= 4 is 12.4 Å². The van der Waals surface area contributed by atoms with Gasteiger partial charge in [0.2, 0.25) is 6.29 Å². The molecule has 22 heavy (non-hydrogen) atoms. The summed E-state index contributed by atoms with van der Waals surface area (Å²) < 4.78 is 11.8. The third kappa shape index (κ3) is 3.41. The quantitative estimate of drug-likeness (QED) is 0.741. The van der Waals surface area contributed by atoms with Gasteiger partial charge in [-0.05, 0) is 24.3 Å². The molecule has 1 heterocycles. The van der Waals surface area contributed by atoms with Crippen LogP contribution < -0.4 is 9.47 Å². The predicted octanol–water partition coefficient (Wildman–Crippen LogP) is 3.81. The summed E-state index contributed by atoms with van der Waals surface area (Å²) >= 11 is 0. The highest BCUT2D eigenvalue weighted by Crippen LogP contribution is 2.22. The first-order chi connectivity index (χ1) is 10.8. The average molecular weight is 292 g/mol. The molecule has 110 valence electrons. The van der Waals surface area contributed by atoms with Crippen LogP contribution in [0.4, 0.5) is 0 Å². The summed E-state index contributed by atoms with van der Waals surface area (Å²) in [4.78, 5) is 8.44. The maximum atomic E-state index is 5.88. The minimum absolute atomic E-state index is 0.433. The average Bonchev–Trinajstić information content (AvgIpc) is 2.54. The lowest BCUT2D eigenvalue weighted by Gasteiger charge is -2.18. The molecule has 0 aromatic heterocycles. The van der Waals surface area contributed by atoms with Gasteiger partial charge in [0.1, 0.15) is 11.5 Å². The molecule has 0 saturated carbocycles. The van der Waals surface area contributed by atoms with Crippen molar-refractivity contribution in [3.63, 3.8) is 0 Å². The number of benzene rings is 2. The molecule has 0 atom stereocenters. The van der Waals surface area contributed by atoms with E-state index in [2.05, 4.69) is 9.98 Å². The Morgan fingerprint density at radius 2 is 1.18 bits per heavy atom. The molecule has 2 aromatic carbocycles. The number of ether oxygens (including phenoxy) is 2. The molecule has 0 radical (unpaired) electrons. The van der Waals surface area contributed by atoms with E-state index < -0.39 is 6.29 Å². The summed E-state index contributed by atoms with van der Waals surface area (Å²) in [6.07, 6.45) is 6.31. The van der Waals surface area contributed by atoms with Crippen LogP contribution in [0, 0.1) is 0 Å². The minimum Gasteiger partial charge on any atom is -0.455 e. The van der Waals surface area contributed by atoms with Crippen LogP contribution in [0.3, 0.4) is 0 Å². The molecule has 0 aliphatic carbocycles. The molecule has 0 unspecified atom stereocenters. The van der Waals surface area contributed by atoms with Crippen molar-refractivity contribution in [2.75, 3.05) is 0 Å². The Labute approximate surface area is 129 Å². The van der Waals surface area contributed by atoms with Crippen LogP contribution in [0.1, 0.15) is 18.1 Å². The van der Waals surface area contributed by atoms with E-state index in [-0.39, 0.29) is 0 Å². The zero-order valence-corrected chi connectivity index (χ0v) is 12.2. The lowest BCUT2D eigenvalue weighted by molar-refractivity contribution is 0.0221. The molecule has 2 aromatic rings. The second-order valence-electron chi connectivity index (χ2n) is 4.73. The number of hydrogen-bond donors (Lipinski definition) is 0. The molecule has 0 bridgehead atoms. The van der Waals surface area contributed by atoms with Gasteiger partial charge in [0.15, 0.2) is 0 Å². The second-order valence-corrected chi connectivity index (χ2v) is 4.73. The van der Waals surface area contributed by atoms with Gasteiger partial charge in [-0.2, -0.15) is 0 Å². The summed E-state index contributed by atoms with van der Waals surface area (Å²) in [7, 11) is 0. The Hall–Kier alpha value is -2.88.